The van der Waals surface area contributed by atoms with Crippen LogP contribution in [0.4, 0.5) is 15.8 Å². The van der Waals surface area contributed by atoms with Crippen molar-refractivity contribution < 1.29 is 9.31 Å². The number of benzene rings is 1. The summed E-state index contributed by atoms with van der Waals surface area (Å²) >= 11 is 0. The molecular weight excluding hydrogens is 223 g/mol. The van der Waals surface area contributed by atoms with E-state index in [-0.39, 0.29) is 5.69 Å². The zero-order chi connectivity index (χ0) is 12.8. The molecule has 0 unspecified atom stereocenters. The summed E-state index contributed by atoms with van der Waals surface area (Å²) < 4.78 is 13.8. The van der Waals surface area contributed by atoms with Crippen molar-refractivity contribution in [2.75, 3.05) is 18.0 Å². The third-order valence-corrected chi connectivity index (χ3v) is 2.47. The minimum Gasteiger partial charge on any atom is -0.369 e. The van der Waals surface area contributed by atoms with Gasteiger partial charge in [-0.25, -0.2) is 4.39 Å². The Kier molecular flexibility index (Phi) is 4.87. The van der Waals surface area contributed by atoms with Gasteiger partial charge in [0.1, 0.15) is 0 Å². The third-order valence-electron chi connectivity index (χ3n) is 2.47. The van der Waals surface area contributed by atoms with Crippen molar-refractivity contribution in [2.45, 2.75) is 26.7 Å². The highest BCUT2D eigenvalue weighted by Gasteiger charge is 2.14. The molecule has 0 spiro atoms. The number of anilines is 1. The van der Waals surface area contributed by atoms with Crippen LogP contribution in [0.2, 0.25) is 0 Å². The molecule has 0 bridgehead atoms. The van der Waals surface area contributed by atoms with Crippen molar-refractivity contribution in [3.8, 4) is 0 Å². The molecule has 0 fully saturated rings. The van der Waals surface area contributed by atoms with Gasteiger partial charge in [0.25, 0.3) is 5.69 Å². The van der Waals surface area contributed by atoms with Crippen LogP contribution < -0.4 is 4.90 Å². The molecule has 0 radical (unpaired) electrons. The molecule has 5 heteroatoms. The van der Waals surface area contributed by atoms with Crippen molar-refractivity contribution in [1.82, 2.24) is 0 Å². The number of non-ortho nitro benzene ring substituents is 1. The van der Waals surface area contributed by atoms with Gasteiger partial charge in [0.2, 0.25) is 0 Å². The average Bonchev–Trinajstić information content (AvgIpc) is 2.28. The number of hydrogen-bond acceptors (Lipinski definition) is 3. The van der Waals surface area contributed by atoms with Crippen molar-refractivity contribution in [1.29, 1.82) is 0 Å². The third kappa shape index (κ3) is 3.41. The lowest BCUT2D eigenvalue weighted by molar-refractivity contribution is -0.385. The SMILES string of the molecule is CCCN(CCC)c1ccc([N+](=O)[O-])cc1F. The van der Waals surface area contributed by atoms with Crippen LogP contribution in [-0.4, -0.2) is 18.0 Å². The van der Waals surface area contributed by atoms with Gasteiger partial charge < -0.3 is 4.90 Å². The fourth-order valence-electron chi connectivity index (χ4n) is 1.76. The van der Waals surface area contributed by atoms with Gasteiger partial charge in [-0.05, 0) is 18.9 Å². The maximum Gasteiger partial charge on any atom is 0.272 e. The lowest BCUT2D eigenvalue weighted by Crippen LogP contribution is -2.25. The second kappa shape index (κ2) is 6.18. The Morgan fingerprint density at radius 2 is 1.88 bits per heavy atom. The smallest absolute Gasteiger partial charge is 0.272 e. The molecule has 0 atom stereocenters. The molecule has 0 saturated heterocycles. The molecule has 0 aliphatic heterocycles. The lowest BCUT2D eigenvalue weighted by Gasteiger charge is -2.23. The van der Waals surface area contributed by atoms with Gasteiger partial charge in [0.05, 0.1) is 16.7 Å². The van der Waals surface area contributed by atoms with Gasteiger partial charge in [-0.15, -0.1) is 0 Å². The molecule has 0 heterocycles. The molecule has 1 rings (SSSR count). The summed E-state index contributed by atoms with van der Waals surface area (Å²) in [5, 5.41) is 10.5. The summed E-state index contributed by atoms with van der Waals surface area (Å²) in [5.41, 5.74) is 0.235. The zero-order valence-corrected chi connectivity index (χ0v) is 10.1. The quantitative estimate of drug-likeness (QED) is 0.565. The number of hydrogen-bond donors (Lipinski definition) is 0. The second-order valence-electron chi connectivity index (χ2n) is 3.88. The van der Waals surface area contributed by atoms with Crippen LogP contribution in [0.25, 0.3) is 0 Å². The number of nitrogens with zero attached hydrogens (tertiary/aromatic N) is 2. The van der Waals surface area contributed by atoms with E-state index in [0.717, 1.165) is 32.0 Å². The van der Waals surface area contributed by atoms with Crippen molar-refractivity contribution in [3.05, 3.63) is 34.1 Å². The summed E-state index contributed by atoms with van der Waals surface area (Å²) in [6.45, 7) is 5.54. The largest absolute Gasteiger partial charge is 0.369 e. The van der Waals surface area contributed by atoms with Crippen LogP contribution in [0.5, 0.6) is 0 Å². The summed E-state index contributed by atoms with van der Waals surface area (Å²) in [5.74, 6) is -0.527. The Bertz CT molecular complexity index is 390. The van der Waals surface area contributed by atoms with E-state index in [1.54, 1.807) is 0 Å². The molecule has 1 aromatic rings. The molecular formula is C12H17FN2O2. The average molecular weight is 240 g/mol. The van der Waals surface area contributed by atoms with Crippen LogP contribution in [0.1, 0.15) is 26.7 Å². The Morgan fingerprint density at radius 3 is 2.29 bits per heavy atom. The normalized spacial score (nSPS) is 10.3. The van der Waals surface area contributed by atoms with Crippen molar-refractivity contribution in [3.63, 3.8) is 0 Å². The number of rotatable bonds is 6. The molecule has 0 aliphatic rings. The molecule has 0 aliphatic carbocycles. The summed E-state index contributed by atoms with van der Waals surface area (Å²) in [6.07, 6.45) is 1.83. The van der Waals surface area contributed by atoms with Crippen LogP contribution in [-0.2, 0) is 0 Å². The topological polar surface area (TPSA) is 46.4 Å². The van der Waals surface area contributed by atoms with Crippen LogP contribution in [0, 0.1) is 15.9 Å². The fraction of sp³-hybridized carbons (Fsp3) is 0.500. The fourth-order valence-corrected chi connectivity index (χ4v) is 1.76. The summed E-state index contributed by atoms with van der Waals surface area (Å²) in [7, 11) is 0. The van der Waals surface area contributed by atoms with Crippen LogP contribution in [0.15, 0.2) is 18.2 Å². The van der Waals surface area contributed by atoms with E-state index >= 15 is 0 Å². The molecule has 17 heavy (non-hydrogen) atoms. The van der Waals surface area contributed by atoms with E-state index in [1.165, 1.54) is 12.1 Å². The minimum atomic E-state index is -0.586. The molecule has 0 amide bonds. The maximum absolute atomic E-state index is 13.8. The molecule has 0 N–H and O–H groups in total. The van der Waals surface area contributed by atoms with E-state index in [0.29, 0.717) is 5.69 Å². The zero-order valence-electron chi connectivity index (χ0n) is 10.1. The van der Waals surface area contributed by atoms with Gasteiger partial charge in [0.15, 0.2) is 5.82 Å². The number of halogens is 1. The number of nitro benzene ring substituents is 1. The van der Waals surface area contributed by atoms with Gasteiger partial charge in [-0.2, -0.15) is 0 Å². The van der Waals surface area contributed by atoms with Gasteiger partial charge in [-0.3, -0.25) is 10.1 Å². The monoisotopic (exact) mass is 240 g/mol. The highest BCUT2D eigenvalue weighted by atomic mass is 19.1. The minimum absolute atomic E-state index is 0.209. The highest BCUT2D eigenvalue weighted by Crippen LogP contribution is 2.24. The van der Waals surface area contributed by atoms with Crippen LogP contribution in [0.3, 0.4) is 0 Å². The standard InChI is InChI=1S/C12H17FN2O2/c1-3-7-14(8-4-2)12-6-5-10(15(16)17)9-11(12)13/h5-6,9H,3-4,7-8H2,1-2H3. The van der Waals surface area contributed by atoms with Crippen LogP contribution >= 0.6 is 0 Å². The first-order valence-corrected chi connectivity index (χ1v) is 5.79. The van der Waals surface area contributed by atoms with Gasteiger partial charge >= 0.3 is 0 Å². The lowest BCUT2D eigenvalue weighted by atomic mass is 10.2. The van der Waals surface area contributed by atoms with E-state index in [1.807, 2.05) is 18.7 Å². The van der Waals surface area contributed by atoms with E-state index < -0.39 is 10.7 Å². The predicted octanol–water partition coefficient (Wildman–Crippen LogP) is 3.36. The molecule has 4 nitrogen and oxygen atoms in total. The first kappa shape index (κ1) is 13.4. The van der Waals surface area contributed by atoms with Crippen molar-refractivity contribution >= 4 is 11.4 Å². The Balaban J connectivity index is 2.99. The number of nitro groups is 1. The molecule has 0 aromatic heterocycles. The molecule has 94 valence electrons. The van der Waals surface area contributed by atoms with E-state index in [4.69, 9.17) is 0 Å². The van der Waals surface area contributed by atoms with Gasteiger partial charge in [-0.1, -0.05) is 13.8 Å². The predicted molar refractivity (Wildman–Crippen MR) is 65.8 cm³/mol. The van der Waals surface area contributed by atoms with Gasteiger partial charge in [0, 0.05) is 19.2 Å². The Labute approximate surface area is 100 Å². The molecule has 0 saturated carbocycles. The summed E-state index contributed by atoms with van der Waals surface area (Å²) in [4.78, 5) is 11.8. The van der Waals surface area contributed by atoms with Crippen molar-refractivity contribution in [2.24, 2.45) is 0 Å². The maximum atomic E-state index is 13.8. The highest BCUT2D eigenvalue weighted by molar-refractivity contribution is 5.52. The first-order valence-electron chi connectivity index (χ1n) is 5.79. The van der Waals surface area contributed by atoms with E-state index in [2.05, 4.69) is 0 Å². The molecule has 1 aromatic carbocycles. The second-order valence-corrected chi connectivity index (χ2v) is 3.88. The summed E-state index contributed by atoms with van der Waals surface area (Å²) in [6, 6.07) is 3.81. The first-order chi connectivity index (χ1) is 8.10. The Hall–Kier alpha value is -1.65. The van der Waals surface area contributed by atoms with E-state index in [9.17, 15) is 14.5 Å². The Morgan fingerprint density at radius 1 is 1.29 bits per heavy atom.